The van der Waals surface area contributed by atoms with Crippen LogP contribution >= 0.6 is 0 Å². The van der Waals surface area contributed by atoms with E-state index in [4.69, 9.17) is 0 Å². The smallest absolute Gasteiger partial charge is 0.282 e. The Kier molecular flexibility index (Phi) is 7.99. The maximum Gasteiger partial charge on any atom is 0.282 e. The predicted octanol–water partition coefficient (Wildman–Crippen LogP) is 4.43. The SMILES string of the molecule is CCC(=O)Cc1ccc([C@H]2CCC[C@H](c3ccc(CC(=O)Cc4cccc(N5CC(F)(F)C5)n4)nn3)C2)nn1. The Hall–Kier alpha value is -3.69. The van der Waals surface area contributed by atoms with E-state index < -0.39 is 5.92 Å². The number of hydrogen-bond acceptors (Lipinski definition) is 8. The molecule has 0 N–H and O–H groups in total. The van der Waals surface area contributed by atoms with Crippen LogP contribution < -0.4 is 4.90 Å². The molecule has 204 valence electrons. The summed E-state index contributed by atoms with van der Waals surface area (Å²) in [6.07, 6.45) is 5.08. The zero-order valence-electron chi connectivity index (χ0n) is 22.0. The van der Waals surface area contributed by atoms with Gasteiger partial charge in [-0.25, -0.2) is 13.8 Å². The highest BCUT2D eigenvalue weighted by molar-refractivity contribution is 5.82. The monoisotopic (exact) mass is 534 g/mol. The average molecular weight is 535 g/mol. The molecular weight excluding hydrogens is 502 g/mol. The van der Waals surface area contributed by atoms with Crippen LogP contribution in [0.1, 0.15) is 79.3 Å². The summed E-state index contributed by atoms with van der Waals surface area (Å²) in [5, 5.41) is 17.4. The summed E-state index contributed by atoms with van der Waals surface area (Å²) in [7, 11) is 0. The summed E-state index contributed by atoms with van der Waals surface area (Å²) >= 11 is 0. The van der Waals surface area contributed by atoms with Gasteiger partial charge in [-0.1, -0.05) is 19.4 Å². The van der Waals surface area contributed by atoms with Crippen LogP contribution in [0.4, 0.5) is 14.6 Å². The molecule has 39 heavy (non-hydrogen) atoms. The van der Waals surface area contributed by atoms with E-state index in [-0.39, 0.29) is 49.3 Å². The number of rotatable bonds is 10. The quantitative estimate of drug-likeness (QED) is 0.376. The van der Waals surface area contributed by atoms with Crippen LogP contribution in [0.15, 0.2) is 42.5 Å². The molecule has 1 aliphatic carbocycles. The third-order valence-electron chi connectivity index (χ3n) is 7.48. The molecular formula is C29H32F2N6O2. The molecule has 10 heteroatoms. The number of carbonyl (C=O) groups excluding carboxylic acids is 2. The van der Waals surface area contributed by atoms with Crippen molar-refractivity contribution in [2.24, 2.45) is 0 Å². The summed E-state index contributed by atoms with van der Waals surface area (Å²) in [4.78, 5) is 30.2. The van der Waals surface area contributed by atoms with E-state index in [1.54, 1.807) is 18.2 Å². The fourth-order valence-corrected chi connectivity index (χ4v) is 5.30. The summed E-state index contributed by atoms with van der Waals surface area (Å²) in [6, 6.07) is 12.9. The van der Waals surface area contributed by atoms with Crippen LogP contribution in [0.2, 0.25) is 0 Å². The number of pyridine rings is 1. The lowest BCUT2D eigenvalue weighted by atomic mass is 9.78. The number of alkyl halides is 2. The Morgan fingerprint density at radius 3 is 1.95 bits per heavy atom. The molecule has 8 nitrogen and oxygen atoms in total. The van der Waals surface area contributed by atoms with Crippen molar-refractivity contribution in [3.8, 4) is 0 Å². The van der Waals surface area contributed by atoms with Crippen molar-refractivity contribution in [1.82, 2.24) is 25.4 Å². The molecule has 0 amide bonds. The molecule has 4 heterocycles. The fourth-order valence-electron chi connectivity index (χ4n) is 5.30. The van der Waals surface area contributed by atoms with Crippen LogP contribution in [-0.2, 0) is 28.9 Å². The average Bonchev–Trinajstić information content (AvgIpc) is 2.92. The minimum Gasteiger partial charge on any atom is -0.344 e. The van der Waals surface area contributed by atoms with E-state index in [1.165, 1.54) is 4.90 Å². The van der Waals surface area contributed by atoms with E-state index in [0.717, 1.165) is 37.1 Å². The summed E-state index contributed by atoms with van der Waals surface area (Å²) in [5.74, 6) is -1.58. The molecule has 3 aromatic heterocycles. The number of nitrogens with zero attached hydrogens (tertiary/aromatic N) is 6. The number of Topliss-reactive ketones (excluding diaryl/α,β-unsaturated/α-hetero) is 2. The maximum absolute atomic E-state index is 13.2. The van der Waals surface area contributed by atoms with Gasteiger partial charge < -0.3 is 4.90 Å². The third-order valence-corrected chi connectivity index (χ3v) is 7.48. The van der Waals surface area contributed by atoms with Crippen LogP contribution in [0.3, 0.4) is 0 Å². The highest BCUT2D eigenvalue weighted by Crippen LogP contribution is 2.39. The molecule has 2 atom stereocenters. The minimum absolute atomic E-state index is 0.0592. The van der Waals surface area contributed by atoms with Gasteiger partial charge in [0.05, 0.1) is 54.4 Å². The van der Waals surface area contributed by atoms with Crippen molar-refractivity contribution in [2.75, 3.05) is 18.0 Å². The molecule has 1 saturated carbocycles. The Bertz CT molecular complexity index is 1310. The van der Waals surface area contributed by atoms with Gasteiger partial charge >= 0.3 is 0 Å². The first kappa shape index (κ1) is 26.9. The Morgan fingerprint density at radius 2 is 1.41 bits per heavy atom. The topological polar surface area (TPSA) is 102 Å². The van der Waals surface area contributed by atoms with E-state index in [9.17, 15) is 18.4 Å². The highest BCUT2D eigenvalue weighted by Gasteiger charge is 2.44. The number of aromatic nitrogens is 5. The zero-order chi connectivity index (χ0) is 27.4. The molecule has 2 aliphatic rings. The molecule has 5 rings (SSSR count). The van der Waals surface area contributed by atoms with Gasteiger partial charge in [0.25, 0.3) is 5.92 Å². The van der Waals surface area contributed by atoms with E-state index in [2.05, 4.69) is 25.4 Å². The second-order valence-electron chi connectivity index (χ2n) is 10.6. The van der Waals surface area contributed by atoms with Crippen molar-refractivity contribution in [3.63, 3.8) is 0 Å². The van der Waals surface area contributed by atoms with Crippen LogP contribution in [0.25, 0.3) is 0 Å². The molecule has 0 aromatic carbocycles. The third kappa shape index (κ3) is 6.85. The molecule has 0 bridgehead atoms. The summed E-state index contributed by atoms with van der Waals surface area (Å²) in [6.45, 7) is 1.16. The first-order valence-corrected chi connectivity index (χ1v) is 13.5. The van der Waals surface area contributed by atoms with Crippen molar-refractivity contribution in [3.05, 3.63) is 70.9 Å². The predicted molar refractivity (Wildman–Crippen MR) is 141 cm³/mol. The van der Waals surface area contributed by atoms with Gasteiger partial charge in [-0.15, -0.1) is 0 Å². The van der Waals surface area contributed by atoms with Crippen LogP contribution in [-0.4, -0.2) is 56.0 Å². The lowest BCUT2D eigenvalue weighted by Gasteiger charge is -2.39. The van der Waals surface area contributed by atoms with E-state index in [1.807, 2.05) is 31.2 Å². The van der Waals surface area contributed by atoms with Gasteiger partial charge in [0.2, 0.25) is 0 Å². The van der Waals surface area contributed by atoms with E-state index >= 15 is 0 Å². The van der Waals surface area contributed by atoms with Crippen molar-refractivity contribution in [1.29, 1.82) is 0 Å². The van der Waals surface area contributed by atoms with Gasteiger partial charge in [-0.05, 0) is 55.7 Å². The minimum atomic E-state index is -2.67. The first-order chi connectivity index (χ1) is 18.8. The van der Waals surface area contributed by atoms with Gasteiger partial charge in [-0.2, -0.15) is 20.4 Å². The Balaban J connectivity index is 1.14. The standard InChI is InChI=1S/C29H32F2N6O2/c1-2-24(38)15-22-9-11-26(35-33-22)19-5-3-6-20(13-19)27-12-10-23(34-36-27)16-25(39)14-21-7-4-8-28(32-21)37-17-29(30,31)18-37/h4,7-12,19-20H,2-3,5-6,13-18H2,1H3/t19-,20-/m0/s1. The number of hydrogen-bond donors (Lipinski definition) is 0. The number of anilines is 1. The Morgan fingerprint density at radius 1 is 0.821 bits per heavy atom. The number of ketones is 2. The van der Waals surface area contributed by atoms with Gasteiger partial charge in [0, 0.05) is 24.7 Å². The largest absolute Gasteiger partial charge is 0.344 e. The highest BCUT2D eigenvalue weighted by atomic mass is 19.3. The van der Waals surface area contributed by atoms with Crippen molar-refractivity contribution < 1.29 is 18.4 Å². The molecule has 0 spiro atoms. The second-order valence-corrected chi connectivity index (χ2v) is 10.6. The molecule has 0 radical (unpaired) electrons. The second kappa shape index (κ2) is 11.6. The van der Waals surface area contributed by atoms with Crippen molar-refractivity contribution in [2.45, 2.75) is 76.0 Å². The fraction of sp³-hybridized carbons (Fsp3) is 0.483. The molecule has 2 fully saturated rings. The zero-order valence-corrected chi connectivity index (χ0v) is 22.0. The van der Waals surface area contributed by atoms with Gasteiger partial charge in [-0.3, -0.25) is 9.59 Å². The van der Waals surface area contributed by atoms with Gasteiger partial charge in [0.15, 0.2) is 0 Å². The molecule has 3 aromatic rings. The summed E-state index contributed by atoms with van der Waals surface area (Å²) in [5.41, 5.74) is 3.72. The lowest BCUT2D eigenvalue weighted by molar-refractivity contribution is -0.118. The maximum atomic E-state index is 13.2. The van der Waals surface area contributed by atoms with Crippen LogP contribution in [0, 0.1) is 0 Å². The lowest BCUT2D eigenvalue weighted by Crippen LogP contribution is -2.56. The van der Waals surface area contributed by atoms with Gasteiger partial charge in [0.1, 0.15) is 17.4 Å². The number of carbonyl (C=O) groups is 2. The Labute approximate surface area is 226 Å². The molecule has 1 aliphatic heterocycles. The molecule has 0 unspecified atom stereocenters. The molecule has 1 saturated heterocycles. The summed E-state index contributed by atoms with van der Waals surface area (Å²) < 4.78 is 26.4. The van der Waals surface area contributed by atoms with Crippen LogP contribution in [0.5, 0.6) is 0 Å². The van der Waals surface area contributed by atoms with Crippen molar-refractivity contribution >= 4 is 17.4 Å². The first-order valence-electron chi connectivity index (χ1n) is 13.5. The normalized spacial score (nSPS) is 20.3. The van der Waals surface area contributed by atoms with E-state index in [0.29, 0.717) is 35.7 Å². The number of halogens is 2.